The van der Waals surface area contributed by atoms with Crippen LogP contribution in [0.15, 0.2) is 24.3 Å². The number of carbonyl (C=O) groups excluding carboxylic acids is 2. The Balaban J connectivity index is 1.92. The van der Waals surface area contributed by atoms with Crippen LogP contribution in [0.2, 0.25) is 0 Å². The van der Waals surface area contributed by atoms with Crippen LogP contribution in [0.5, 0.6) is 0 Å². The lowest BCUT2D eigenvalue weighted by Crippen LogP contribution is -2.44. The highest BCUT2D eigenvalue weighted by Crippen LogP contribution is 2.38. The molecule has 1 N–H and O–H groups in total. The van der Waals surface area contributed by atoms with Crippen molar-refractivity contribution >= 4 is 11.7 Å². The summed E-state index contributed by atoms with van der Waals surface area (Å²) in [6.45, 7) is 3.81. The summed E-state index contributed by atoms with van der Waals surface area (Å²) in [6.07, 6.45) is 5.72. The summed E-state index contributed by atoms with van der Waals surface area (Å²) >= 11 is 0. The van der Waals surface area contributed by atoms with E-state index in [1.54, 1.807) is 6.07 Å². The van der Waals surface area contributed by atoms with E-state index in [4.69, 9.17) is 0 Å². The van der Waals surface area contributed by atoms with Gasteiger partial charge in [-0.3, -0.25) is 9.59 Å². The third kappa shape index (κ3) is 3.93. The maximum Gasteiger partial charge on any atom is 0.226 e. The van der Waals surface area contributed by atoms with Crippen molar-refractivity contribution in [3.05, 3.63) is 35.6 Å². The molecular formula is C18H24FNO2. The molecule has 1 saturated carbocycles. The van der Waals surface area contributed by atoms with Gasteiger partial charge < -0.3 is 5.32 Å². The maximum atomic E-state index is 13.1. The molecule has 4 heteroatoms. The summed E-state index contributed by atoms with van der Waals surface area (Å²) in [5.41, 5.74) is -0.182. The third-order valence-electron chi connectivity index (χ3n) is 4.77. The van der Waals surface area contributed by atoms with Crippen molar-refractivity contribution in [2.24, 2.45) is 11.3 Å². The quantitative estimate of drug-likeness (QED) is 0.843. The molecule has 0 bridgehead atoms. The van der Waals surface area contributed by atoms with E-state index >= 15 is 0 Å². The van der Waals surface area contributed by atoms with Crippen LogP contribution in [0.3, 0.4) is 0 Å². The molecule has 1 amide bonds. The van der Waals surface area contributed by atoms with Gasteiger partial charge in [0.1, 0.15) is 5.82 Å². The van der Waals surface area contributed by atoms with Crippen molar-refractivity contribution < 1.29 is 14.0 Å². The van der Waals surface area contributed by atoms with Crippen molar-refractivity contribution in [1.82, 2.24) is 5.32 Å². The summed E-state index contributed by atoms with van der Waals surface area (Å²) < 4.78 is 13.1. The lowest BCUT2D eigenvalue weighted by molar-refractivity contribution is -0.132. The van der Waals surface area contributed by atoms with Gasteiger partial charge in [0.15, 0.2) is 5.78 Å². The Morgan fingerprint density at radius 3 is 2.55 bits per heavy atom. The van der Waals surface area contributed by atoms with Crippen LogP contribution in [0.25, 0.3) is 0 Å². The number of amides is 1. The normalized spacial score (nSPS) is 16.3. The van der Waals surface area contributed by atoms with Gasteiger partial charge in [0.25, 0.3) is 0 Å². The van der Waals surface area contributed by atoms with E-state index in [0.29, 0.717) is 5.92 Å². The molecule has 1 fully saturated rings. The van der Waals surface area contributed by atoms with Crippen LogP contribution in [-0.2, 0) is 4.79 Å². The maximum absolute atomic E-state index is 13.1. The molecule has 0 saturated heterocycles. The van der Waals surface area contributed by atoms with Crippen molar-refractivity contribution in [3.8, 4) is 0 Å². The fourth-order valence-corrected chi connectivity index (χ4v) is 3.16. The molecule has 0 heterocycles. The van der Waals surface area contributed by atoms with Crippen LogP contribution in [0, 0.1) is 17.2 Å². The molecule has 2 rings (SSSR count). The zero-order valence-electron chi connectivity index (χ0n) is 13.3. The molecule has 0 unspecified atom stereocenters. The number of nitrogens with one attached hydrogen (secondary N) is 1. The first-order chi connectivity index (χ1) is 10.4. The average molecular weight is 305 g/mol. The second-order valence-electron chi connectivity index (χ2n) is 6.67. The van der Waals surface area contributed by atoms with Crippen LogP contribution in [0.1, 0.15) is 56.3 Å². The van der Waals surface area contributed by atoms with Crippen molar-refractivity contribution in [1.29, 1.82) is 0 Å². The van der Waals surface area contributed by atoms with Gasteiger partial charge in [-0.05, 0) is 30.9 Å². The molecule has 0 spiro atoms. The average Bonchev–Trinajstić information content (AvgIpc) is 2.53. The van der Waals surface area contributed by atoms with Gasteiger partial charge in [-0.2, -0.15) is 0 Å². The van der Waals surface area contributed by atoms with E-state index in [0.717, 1.165) is 12.8 Å². The molecule has 1 aliphatic carbocycles. The predicted molar refractivity (Wildman–Crippen MR) is 84.1 cm³/mol. The van der Waals surface area contributed by atoms with E-state index in [1.807, 2.05) is 13.8 Å². The smallest absolute Gasteiger partial charge is 0.226 e. The first-order valence-corrected chi connectivity index (χ1v) is 7.98. The topological polar surface area (TPSA) is 46.2 Å². The van der Waals surface area contributed by atoms with E-state index in [2.05, 4.69) is 5.32 Å². The van der Waals surface area contributed by atoms with E-state index in [9.17, 15) is 14.0 Å². The fraction of sp³-hybridized carbons (Fsp3) is 0.556. The standard InChI is InChI=1S/C18H24FNO2/c1-18(2,14-8-4-3-5-9-14)17(22)20-12-16(21)13-7-6-10-15(19)11-13/h6-7,10-11,14H,3-5,8-9,12H2,1-2H3,(H,20,22). The van der Waals surface area contributed by atoms with Crippen LogP contribution in [0.4, 0.5) is 4.39 Å². The fourth-order valence-electron chi connectivity index (χ4n) is 3.16. The lowest BCUT2D eigenvalue weighted by atomic mass is 9.70. The first kappa shape index (κ1) is 16.7. The minimum absolute atomic E-state index is 0.0849. The number of halogens is 1. The Kier molecular flexibility index (Phi) is 5.33. The minimum atomic E-state index is -0.470. The minimum Gasteiger partial charge on any atom is -0.348 e. The highest BCUT2D eigenvalue weighted by atomic mass is 19.1. The highest BCUT2D eigenvalue weighted by molar-refractivity contribution is 5.99. The predicted octanol–water partition coefficient (Wildman–Crippen LogP) is 3.73. The first-order valence-electron chi connectivity index (χ1n) is 7.98. The van der Waals surface area contributed by atoms with E-state index in [1.165, 1.54) is 37.5 Å². The summed E-state index contributed by atoms with van der Waals surface area (Å²) in [6, 6.07) is 5.54. The number of rotatable bonds is 5. The number of benzene rings is 1. The van der Waals surface area contributed by atoms with Gasteiger partial charge >= 0.3 is 0 Å². The van der Waals surface area contributed by atoms with Gasteiger partial charge in [0.05, 0.1) is 6.54 Å². The summed E-state index contributed by atoms with van der Waals surface area (Å²) in [5.74, 6) is -0.443. The van der Waals surface area contributed by atoms with Crippen LogP contribution in [-0.4, -0.2) is 18.2 Å². The largest absolute Gasteiger partial charge is 0.348 e. The molecule has 120 valence electrons. The highest BCUT2D eigenvalue weighted by Gasteiger charge is 2.37. The van der Waals surface area contributed by atoms with Gasteiger partial charge in [0.2, 0.25) is 5.91 Å². The molecule has 0 atom stereocenters. The third-order valence-corrected chi connectivity index (χ3v) is 4.77. The van der Waals surface area contributed by atoms with Crippen LogP contribution < -0.4 is 5.32 Å². The van der Waals surface area contributed by atoms with E-state index in [-0.39, 0.29) is 23.8 Å². The number of hydrogen-bond donors (Lipinski definition) is 1. The second-order valence-corrected chi connectivity index (χ2v) is 6.67. The molecule has 0 radical (unpaired) electrons. The zero-order chi connectivity index (χ0) is 16.2. The van der Waals surface area contributed by atoms with Crippen LogP contribution >= 0.6 is 0 Å². The Labute approximate surface area is 131 Å². The summed E-state index contributed by atoms with van der Waals surface area (Å²) in [5, 5.41) is 2.73. The molecule has 22 heavy (non-hydrogen) atoms. The van der Waals surface area contributed by atoms with Crippen molar-refractivity contribution in [3.63, 3.8) is 0 Å². The molecule has 0 aliphatic heterocycles. The monoisotopic (exact) mass is 305 g/mol. The summed E-state index contributed by atoms with van der Waals surface area (Å²) in [7, 11) is 0. The number of hydrogen-bond acceptors (Lipinski definition) is 2. The molecule has 3 nitrogen and oxygen atoms in total. The Morgan fingerprint density at radius 2 is 1.91 bits per heavy atom. The zero-order valence-corrected chi connectivity index (χ0v) is 13.3. The van der Waals surface area contributed by atoms with Gasteiger partial charge in [0, 0.05) is 11.0 Å². The Bertz CT molecular complexity index is 548. The molecule has 1 aromatic rings. The van der Waals surface area contributed by atoms with Crippen molar-refractivity contribution in [2.75, 3.05) is 6.54 Å². The molecule has 0 aromatic heterocycles. The molecule has 1 aromatic carbocycles. The number of ketones is 1. The summed E-state index contributed by atoms with van der Waals surface area (Å²) in [4.78, 5) is 24.5. The lowest BCUT2D eigenvalue weighted by Gasteiger charge is -2.35. The molecule has 1 aliphatic rings. The van der Waals surface area contributed by atoms with Gasteiger partial charge in [-0.25, -0.2) is 4.39 Å². The second kappa shape index (κ2) is 7.03. The number of Topliss-reactive ketones (excluding diaryl/α,β-unsaturated/α-hetero) is 1. The van der Waals surface area contributed by atoms with Crippen molar-refractivity contribution in [2.45, 2.75) is 46.0 Å². The van der Waals surface area contributed by atoms with Gasteiger partial charge in [-0.1, -0.05) is 45.2 Å². The van der Waals surface area contributed by atoms with Gasteiger partial charge in [-0.15, -0.1) is 0 Å². The Morgan fingerprint density at radius 1 is 1.23 bits per heavy atom. The SMILES string of the molecule is CC(C)(C(=O)NCC(=O)c1cccc(F)c1)C1CCCCC1. The Hall–Kier alpha value is -1.71. The van der Waals surface area contributed by atoms with E-state index < -0.39 is 11.2 Å². The molecular weight excluding hydrogens is 281 g/mol. The number of carbonyl (C=O) groups is 2.